The van der Waals surface area contributed by atoms with Crippen LogP contribution in [0.5, 0.6) is 0 Å². The van der Waals surface area contributed by atoms with Crippen molar-refractivity contribution in [1.29, 1.82) is 0 Å². The molecule has 2 aromatic heterocycles. The summed E-state index contributed by atoms with van der Waals surface area (Å²) < 4.78 is 50.4. The van der Waals surface area contributed by atoms with Gasteiger partial charge in [-0.1, -0.05) is 0 Å². The largest absolute Gasteiger partial charge is 0.406 e. The van der Waals surface area contributed by atoms with E-state index < -0.39 is 24.6 Å². The molecule has 1 N–H and O–H groups in total. The molecular weight excluding hydrogens is 278 g/mol. The van der Waals surface area contributed by atoms with E-state index in [0.717, 1.165) is 23.0 Å². The van der Waals surface area contributed by atoms with Crippen LogP contribution in [0.1, 0.15) is 10.5 Å². The molecule has 106 valence electrons. The van der Waals surface area contributed by atoms with Gasteiger partial charge >= 0.3 is 6.18 Å². The van der Waals surface area contributed by atoms with Crippen LogP contribution < -0.4 is 5.32 Å². The smallest absolute Gasteiger partial charge is 0.334 e. The van der Waals surface area contributed by atoms with E-state index in [-0.39, 0.29) is 11.4 Å². The van der Waals surface area contributed by atoms with Crippen molar-refractivity contribution >= 4 is 11.6 Å². The molecule has 0 aliphatic rings. The maximum Gasteiger partial charge on any atom is 0.406 e. The number of carbonyl (C=O) groups is 1. The van der Waals surface area contributed by atoms with Crippen LogP contribution in [0.25, 0.3) is 0 Å². The maximum absolute atomic E-state index is 12.6. The Morgan fingerprint density at radius 1 is 1.30 bits per heavy atom. The van der Waals surface area contributed by atoms with Gasteiger partial charge in [0.05, 0.1) is 11.9 Å². The van der Waals surface area contributed by atoms with Crippen molar-refractivity contribution in [1.82, 2.24) is 9.55 Å². The van der Waals surface area contributed by atoms with Gasteiger partial charge in [-0.15, -0.1) is 0 Å². The molecule has 0 unspecified atom stereocenters. The van der Waals surface area contributed by atoms with E-state index in [2.05, 4.69) is 10.3 Å². The molecule has 8 heteroatoms. The Hall–Kier alpha value is -2.38. The first-order valence-corrected chi connectivity index (χ1v) is 5.50. The second-order valence-electron chi connectivity index (χ2n) is 3.96. The summed E-state index contributed by atoms with van der Waals surface area (Å²) in [5.74, 6) is -1.45. The summed E-state index contributed by atoms with van der Waals surface area (Å²) in [6.07, 6.45) is -2.19. The Morgan fingerprint density at radius 3 is 2.65 bits per heavy atom. The SMILES string of the molecule is O=C(Nc1ccc(F)nc1)c1cccn1CC(F)(F)F. The summed E-state index contributed by atoms with van der Waals surface area (Å²) >= 11 is 0. The lowest BCUT2D eigenvalue weighted by atomic mass is 10.3. The van der Waals surface area contributed by atoms with Crippen molar-refractivity contribution < 1.29 is 22.4 Å². The van der Waals surface area contributed by atoms with Crippen LogP contribution in [0.4, 0.5) is 23.2 Å². The number of nitrogens with one attached hydrogen (secondary N) is 1. The Kier molecular flexibility index (Phi) is 3.73. The van der Waals surface area contributed by atoms with Gasteiger partial charge in [-0.2, -0.15) is 17.6 Å². The number of hydrogen-bond donors (Lipinski definition) is 1. The number of pyridine rings is 1. The lowest BCUT2D eigenvalue weighted by molar-refractivity contribution is -0.140. The van der Waals surface area contributed by atoms with Crippen molar-refractivity contribution in [2.45, 2.75) is 12.7 Å². The van der Waals surface area contributed by atoms with Crippen molar-refractivity contribution in [2.75, 3.05) is 5.32 Å². The first-order chi connectivity index (χ1) is 9.35. The fourth-order valence-corrected chi connectivity index (χ4v) is 1.60. The Morgan fingerprint density at radius 2 is 2.05 bits per heavy atom. The van der Waals surface area contributed by atoms with Crippen LogP contribution in [0.15, 0.2) is 36.7 Å². The van der Waals surface area contributed by atoms with Gasteiger partial charge in [-0.25, -0.2) is 4.98 Å². The summed E-state index contributed by atoms with van der Waals surface area (Å²) in [7, 11) is 0. The van der Waals surface area contributed by atoms with Crippen LogP contribution in [0, 0.1) is 5.95 Å². The molecule has 0 bridgehead atoms. The standard InChI is InChI=1S/C12H9F4N3O/c13-10-4-3-8(6-17-10)18-11(20)9-2-1-5-19(9)7-12(14,15)16/h1-6H,7H2,(H,18,20). The number of hydrogen-bond acceptors (Lipinski definition) is 2. The minimum atomic E-state index is -4.43. The Balaban J connectivity index is 2.14. The van der Waals surface area contributed by atoms with Gasteiger partial charge in [-0.3, -0.25) is 4.79 Å². The number of nitrogens with zero attached hydrogens (tertiary/aromatic N) is 2. The third kappa shape index (κ3) is 3.56. The third-order valence-electron chi connectivity index (χ3n) is 2.40. The molecule has 0 atom stereocenters. The molecule has 0 spiro atoms. The molecule has 0 aliphatic carbocycles. The monoisotopic (exact) mass is 287 g/mol. The minimum Gasteiger partial charge on any atom is -0.334 e. The Labute approximate surface area is 111 Å². The molecule has 2 aromatic rings. The molecule has 20 heavy (non-hydrogen) atoms. The maximum atomic E-state index is 12.6. The van der Waals surface area contributed by atoms with E-state index in [4.69, 9.17) is 0 Å². The van der Waals surface area contributed by atoms with E-state index in [1.54, 1.807) is 0 Å². The average molecular weight is 287 g/mol. The molecule has 2 rings (SSSR count). The lowest BCUT2D eigenvalue weighted by Crippen LogP contribution is -2.23. The van der Waals surface area contributed by atoms with Gasteiger partial charge in [0.15, 0.2) is 0 Å². The lowest BCUT2D eigenvalue weighted by Gasteiger charge is -2.11. The number of anilines is 1. The number of rotatable bonds is 3. The fourth-order valence-electron chi connectivity index (χ4n) is 1.60. The fraction of sp³-hybridized carbons (Fsp3) is 0.167. The average Bonchev–Trinajstić information content (AvgIpc) is 2.78. The van der Waals surface area contributed by atoms with E-state index in [1.807, 2.05) is 0 Å². The minimum absolute atomic E-state index is 0.147. The van der Waals surface area contributed by atoms with Gasteiger partial charge in [0.25, 0.3) is 5.91 Å². The zero-order valence-electron chi connectivity index (χ0n) is 9.99. The quantitative estimate of drug-likeness (QED) is 0.697. The molecule has 0 aliphatic heterocycles. The summed E-state index contributed by atoms with van der Waals surface area (Å²) in [5, 5.41) is 2.34. The molecular formula is C12H9F4N3O. The van der Waals surface area contributed by atoms with Gasteiger partial charge in [0, 0.05) is 6.20 Å². The van der Waals surface area contributed by atoms with E-state index in [0.29, 0.717) is 0 Å². The van der Waals surface area contributed by atoms with Gasteiger partial charge in [0.1, 0.15) is 12.2 Å². The molecule has 0 saturated carbocycles. The van der Waals surface area contributed by atoms with Crippen LogP contribution in [-0.2, 0) is 6.54 Å². The van der Waals surface area contributed by atoms with E-state index in [1.165, 1.54) is 18.2 Å². The summed E-state index contributed by atoms with van der Waals surface area (Å²) in [6.45, 7) is -1.26. The topological polar surface area (TPSA) is 46.9 Å². The number of amides is 1. The van der Waals surface area contributed by atoms with Gasteiger partial charge in [0.2, 0.25) is 5.95 Å². The highest BCUT2D eigenvalue weighted by Crippen LogP contribution is 2.19. The molecule has 1 amide bonds. The predicted molar refractivity (Wildman–Crippen MR) is 62.6 cm³/mol. The predicted octanol–water partition coefficient (Wildman–Crippen LogP) is 2.84. The van der Waals surface area contributed by atoms with Crippen molar-refractivity contribution in [3.05, 3.63) is 48.3 Å². The Bertz CT molecular complexity index is 604. The van der Waals surface area contributed by atoms with E-state index in [9.17, 15) is 22.4 Å². The number of carbonyl (C=O) groups excluding carboxylic acids is 1. The molecule has 4 nitrogen and oxygen atoms in total. The van der Waals surface area contributed by atoms with Crippen LogP contribution >= 0.6 is 0 Å². The highest BCUT2D eigenvalue weighted by molar-refractivity contribution is 6.03. The molecule has 2 heterocycles. The molecule has 0 radical (unpaired) electrons. The first-order valence-electron chi connectivity index (χ1n) is 5.50. The van der Waals surface area contributed by atoms with Crippen LogP contribution in [-0.4, -0.2) is 21.6 Å². The molecule has 0 fully saturated rings. The summed E-state index contributed by atoms with van der Waals surface area (Å²) in [4.78, 5) is 15.2. The zero-order valence-corrected chi connectivity index (χ0v) is 9.99. The molecule has 0 aromatic carbocycles. The van der Waals surface area contributed by atoms with E-state index >= 15 is 0 Å². The number of aromatic nitrogens is 2. The normalized spacial score (nSPS) is 11.4. The van der Waals surface area contributed by atoms with Crippen molar-refractivity contribution in [3.8, 4) is 0 Å². The van der Waals surface area contributed by atoms with Crippen LogP contribution in [0.3, 0.4) is 0 Å². The molecule has 0 saturated heterocycles. The van der Waals surface area contributed by atoms with Crippen molar-refractivity contribution in [2.24, 2.45) is 0 Å². The third-order valence-corrected chi connectivity index (χ3v) is 2.40. The van der Waals surface area contributed by atoms with Crippen molar-refractivity contribution in [3.63, 3.8) is 0 Å². The first kappa shape index (κ1) is 14.0. The second-order valence-corrected chi connectivity index (χ2v) is 3.96. The highest BCUT2D eigenvalue weighted by atomic mass is 19.4. The number of alkyl halides is 3. The number of halogens is 4. The van der Waals surface area contributed by atoms with Gasteiger partial charge in [-0.05, 0) is 24.3 Å². The summed E-state index contributed by atoms with van der Waals surface area (Å²) in [5.41, 5.74) is 0.0443. The summed E-state index contributed by atoms with van der Waals surface area (Å²) in [6, 6.07) is 4.89. The van der Waals surface area contributed by atoms with Crippen LogP contribution in [0.2, 0.25) is 0 Å². The van der Waals surface area contributed by atoms with Gasteiger partial charge < -0.3 is 9.88 Å². The second kappa shape index (κ2) is 5.32. The zero-order chi connectivity index (χ0) is 14.8. The highest BCUT2D eigenvalue weighted by Gasteiger charge is 2.29.